The zero-order valence-electron chi connectivity index (χ0n) is 8.60. The van der Waals surface area contributed by atoms with Crippen LogP contribution in [0.25, 0.3) is 0 Å². The minimum absolute atomic E-state index is 0.0105. The molecular formula is C9H10N3O3S. The van der Waals surface area contributed by atoms with E-state index >= 15 is 0 Å². The Labute approximate surface area is 96.3 Å². The Bertz CT molecular complexity index is 389. The van der Waals surface area contributed by atoms with Gasteiger partial charge in [0, 0.05) is 5.38 Å². The van der Waals surface area contributed by atoms with E-state index in [1.54, 1.807) is 11.7 Å². The zero-order valence-corrected chi connectivity index (χ0v) is 9.41. The Kier molecular flexibility index (Phi) is 5.13. The van der Waals surface area contributed by atoms with Gasteiger partial charge in [-0.3, -0.25) is 9.59 Å². The van der Waals surface area contributed by atoms with Crippen molar-refractivity contribution in [2.45, 2.75) is 13.3 Å². The first-order valence-corrected chi connectivity index (χ1v) is 5.44. The lowest BCUT2D eigenvalue weighted by atomic mass is 10.3. The highest BCUT2D eigenvalue weighted by molar-refractivity contribution is 7.14. The van der Waals surface area contributed by atoms with Crippen LogP contribution in [0.15, 0.2) is 10.5 Å². The standard InChI is InChI=1S/C9H10N3O3S/c1-2-3-15-12-7(4-13)8-5-16-9(11-8)10-6-14/h5-6H,2-3H2,1H3,(H,10,11,14)/b12-7-. The highest BCUT2D eigenvalue weighted by atomic mass is 32.1. The van der Waals surface area contributed by atoms with Crippen molar-refractivity contribution in [2.75, 3.05) is 11.9 Å². The molecule has 0 aromatic carbocycles. The number of hydrogen-bond donors (Lipinski definition) is 1. The zero-order chi connectivity index (χ0) is 11.8. The molecule has 1 heterocycles. The number of carbonyl (C=O) groups excluding carboxylic acids is 2. The van der Waals surface area contributed by atoms with Gasteiger partial charge in [-0.15, -0.1) is 11.3 Å². The van der Waals surface area contributed by atoms with E-state index in [9.17, 15) is 9.59 Å². The van der Waals surface area contributed by atoms with E-state index in [0.717, 1.165) is 6.42 Å². The number of nitrogens with zero attached hydrogens (tertiary/aromatic N) is 2. The van der Waals surface area contributed by atoms with Crippen molar-refractivity contribution in [3.63, 3.8) is 0 Å². The topological polar surface area (TPSA) is 80.6 Å². The van der Waals surface area contributed by atoms with Gasteiger partial charge in [0.15, 0.2) is 10.8 Å². The maximum absolute atomic E-state index is 10.6. The van der Waals surface area contributed by atoms with E-state index < -0.39 is 0 Å². The Hall–Kier alpha value is -1.76. The second-order valence-electron chi connectivity index (χ2n) is 2.68. The number of aromatic nitrogens is 1. The van der Waals surface area contributed by atoms with Gasteiger partial charge >= 0.3 is 0 Å². The van der Waals surface area contributed by atoms with E-state index in [0.29, 0.717) is 23.8 Å². The molecule has 0 fully saturated rings. The summed E-state index contributed by atoms with van der Waals surface area (Å²) in [7, 11) is 0. The lowest BCUT2D eigenvalue weighted by Crippen LogP contribution is -2.05. The fourth-order valence-corrected chi connectivity index (χ4v) is 1.47. The van der Waals surface area contributed by atoms with Crippen LogP contribution in [-0.4, -0.2) is 30.0 Å². The lowest BCUT2D eigenvalue weighted by molar-refractivity contribution is -0.105. The minimum atomic E-state index is -0.0105. The van der Waals surface area contributed by atoms with E-state index in [1.165, 1.54) is 11.3 Å². The molecule has 85 valence electrons. The highest BCUT2D eigenvalue weighted by Gasteiger charge is 2.09. The van der Waals surface area contributed by atoms with E-state index in [1.807, 2.05) is 6.92 Å². The van der Waals surface area contributed by atoms with Crippen molar-refractivity contribution in [1.29, 1.82) is 0 Å². The van der Waals surface area contributed by atoms with Crippen molar-refractivity contribution in [2.24, 2.45) is 5.16 Å². The van der Waals surface area contributed by atoms with Crippen LogP contribution >= 0.6 is 11.3 Å². The molecule has 0 aliphatic rings. The second kappa shape index (κ2) is 6.67. The van der Waals surface area contributed by atoms with Crippen molar-refractivity contribution >= 4 is 34.9 Å². The van der Waals surface area contributed by atoms with Crippen molar-refractivity contribution in [1.82, 2.24) is 4.98 Å². The predicted molar refractivity (Wildman–Crippen MR) is 60.3 cm³/mol. The fraction of sp³-hybridized carbons (Fsp3) is 0.333. The van der Waals surface area contributed by atoms with Crippen molar-refractivity contribution in [3.8, 4) is 0 Å². The summed E-state index contributed by atoms with van der Waals surface area (Å²) in [5.74, 6) is 0. The first kappa shape index (κ1) is 12.3. The molecule has 1 radical (unpaired) electrons. The molecule has 0 spiro atoms. The summed E-state index contributed by atoms with van der Waals surface area (Å²) >= 11 is 1.19. The maximum atomic E-state index is 10.6. The molecule has 6 nitrogen and oxygen atoms in total. The molecule has 0 atom stereocenters. The van der Waals surface area contributed by atoms with E-state index in [4.69, 9.17) is 4.84 Å². The van der Waals surface area contributed by atoms with Crippen LogP contribution in [0, 0.1) is 0 Å². The smallest absolute Gasteiger partial charge is 0.259 e. The number of anilines is 1. The summed E-state index contributed by atoms with van der Waals surface area (Å²) in [6, 6.07) is 0. The molecule has 0 unspecified atom stereocenters. The molecule has 0 bridgehead atoms. The van der Waals surface area contributed by atoms with Crippen molar-refractivity contribution in [3.05, 3.63) is 11.1 Å². The van der Waals surface area contributed by atoms with Crippen molar-refractivity contribution < 1.29 is 14.4 Å². The third kappa shape index (κ3) is 3.43. The van der Waals surface area contributed by atoms with E-state index in [2.05, 4.69) is 15.5 Å². The van der Waals surface area contributed by atoms with Crippen LogP contribution in [0.2, 0.25) is 0 Å². The fourth-order valence-electron chi connectivity index (χ4n) is 0.818. The van der Waals surface area contributed by atoms with Gasteiger partial charge in [0.05, 0.1) is 0 Å². The Morgan fingerprint density at radius 3 is 3.25 bits per heavy atom. The van der Waals surface area contributed by atoms with Crippen LogP contribution < -0.4 is 5.32 Å². The number of carbonyl (C=O) groups is 1. The molecule has 1 N–H and O–H groups in total. The molecule has 0 saturated carbocycles. The molecular weight excluding hydrogens is 230 g/mol. The van der Waals surface area contributed by atoms with E-state index in [-0.39, 0.29) is 5.71 Å². The summed E-state index contributed by atoms with van der Waals surface area (Å²) in [5.41, 5.74) is 0.323. The monoisotopic (exact) mass is 240 g/mol. The molecule has 1 aromatic rings. The quantitative estimate of drug-likeness (QED) is 0.333. The van der Waals surface area contributed by atoms with Gasteiger partial charge in [-0.2, -0.15) is 0 Å². The molecule has 16 heavy (non-hydrogen) atoms. The van der Waals surface area contributed by atoms with Gasteiger partial charge in [-0.1, -0.05) is 12.1 Å². The third-order valence-electron chi connectivity index (χ3n) is 1.48. The van der Waals surface area contributed by atoms with Crippen LogP contribution in [0.5, 0.6) is 0 Å². The minimum Gasteiger partial charge on any atom is -0.395 e. The SMILES string of the molecule is CCCO/N=C(/[C]=O)c1csc(NC=O)n1. The first-order valence-electron chi connectivity index (χ1n) is 4.56. The average Bonchev–Trinajstić information content (AvgIpc) is 2.74. The highest BCUT2D eigenvalue weighted by Crippen LogP contribution is 2.14. The number of thiazole rings is 1. The van der Waals surface area contributed by atoms with Gasteiger partial charge in [-0.25, -0.2) is 4.98 Å². The van der Waals surface area contributed by atoms with Gasteiger partial charge in [0.25, 0.3) is 6.29 Å². The van der Waals surface area contributed by atoms with Gasteiger partial charge in [0.2, 0.25) is 6.41 Å². The maximum Gasteiger partial charge on any atom is 0.259 e. The third-order valence-corrected chi connectivity index (χ3v) is 2.25. The number of hydrogen-bond acceptors (Lipinski definition) is 6. The Morgan fingerprint density at radius 1 is 1.81 bits per heavy atom. The lowest BCUT2D eigenvalue weighted by Gasteiger charge is -1.95. The average molecular weight is 240 g/mol. The summed E-state index contributed by atoms with van der Waals surface area (Å²) in [6.07, 6.45) is 2.94. The molecule has 1 rings (SSSR count). The summed E-state index contributed by atoms with van der Waals surface area (Å²) < 4.78 is 0. The molecule has 7 heteroatoms. The molecule has 0 aliphatic carbocycles. The molecule has 1 amide bonds. The summed E-state index contributed by atoms with van der Waals surface area (Å²) in [6.45, 7) is 2.35. The van der Waals surface area contributed by atoms with Gasteiger partial charge in [-0.05, 0) is 6.42 Å². The van der Waals surface area contributed by atoms with Gasteiger partial charge in [0.1, 0.15) is 12.3 Å². The van der Waals surface area contributed by atoms with Crippen LogP contribution in [0.1, 0.15) is 19.0 Å². The number of nitrogens with one attached hydrogen (secondary N) is 1. The Morgan fingerprint density at radius 2 is 2.62 bits per heavy atom. The van der Waals surface area contributed by atoms with Crippen LogP contribution in [0.3, 0.4) is 0 Å². The van der Waals surface area contributed by atoms with Gasteiger partial charge < -0.3 is 10.2 Å². The normalized spacial score (nSPS) is 10.9. The molecule has 0 saturated heterocycles. The largest absolute Gasteiger partial charge is 0.395 e. The number of oxime groups is 1. The number of amides is 1. The summed E-state index contributed by atoms with van der Waals surface area (Å²) in [4.78, 5) is 29.6. The Balaban J connectivity index is 2.74. The second-order valence-corrected chi connectivity index (χ2v) is 3.53. The first-order chi connectivity index (χ1) is 7.81. The summed E-state index contributed by atoms with van der Waals surface area (Å²) in [5, 5.41) is 7.95. The van der Waals surface area contributed by atoms with Crippen LogP contribution in [0.4, 0.5) is 5.13 Å². The van der Waals surface area contributed by atoms with Crippen LogP contribution in [-0.2, 0) is 14.4 Å². The molecule has 1 aromatic heterocycles. The molecule has 0 aliphatic heterocycles. The number of rotatable bonds is 7. The predicted octanol–water partition coefficient (Wildman–Crippen LogP) is 0.952.